The smallest absolute Gasteiger partial charge is 0.234 e. The van der Waals surface area contributed by atoms with Crippen LogP contribution in [0, 0.1) is 0 Å². The predicted molar refractivity (Wildman–Crippen MR) is 102 cm³/mol. The summed E-state index contributed by atoms with van der Waals surface area (Å²) in [5.41, 5.74) is 0.584. The van der Waals surface area contributed by atoms with Crippen LogP contribution < -0.4 is 10.2 Å². The Labute approximate surface area is 159 Å². The molecular formula is C16H17ClN4O2S2. The highest BCUT2D eigenvalue weighted by Gasteiger charge is 2.35. The van der Waals surface area contributed by atoms with Gasteiger partial charge in [-0.25, -0.2) is 0 Å². The lowest BCUT2D eigenvalue weighted by Gasteiger charge is -2.17. The van der Waals surface area contributed by atoms with E-state index >= 15 is 0 Å². The molecule has 6 nitrogen and oxygen atoms in total. The molecule has 1 N–H and O–H groups in total. The minimum atomic E-state index is -0.168. The van der Waals surface area contributed by atoms with E-state index in [1.165, 1.54) is 23.1 Å². The normalized spacial score (nSPS) is 13.5. The van der Waals surface area contributed by atoms with Gasteiger partial charge in [0.1, 0.15) is 0 Å². The lowest BCUT2D eigenvalue weighted by molar-refractivity contribution is -0.118. The van der Waals surface area contributed by atoms with Crippen molar-refractivity contribution in [3.63, 3.8) is 0 Å². The average molecular weight is 397 g/mol. The van der Waals surface area contributed by atoms with Gasteiger partial charge in [0, 0.05) is 12.5 Å². The average Bonchev–Trinajstić information content (AvgIpc) is 3.33. The van der Waals surface area contributed by atoms with E-state index in [9.17, 15) is 9.59 Å². The lowest BCUT2D eigenvalue weighted by atomic mass is 10.3. The summed E-state index contributed by atoms with van der Waals surface area (Å²) >= 11 is 8.66. The number of thioether (sulfide) groups is 1. The van der Waals surface area contributed by atoms with Crippen LogP contribution in [0.2, 0.25) is 5.02 Å². The first-order valence-electron chi connectivity index (χ1n) is 7.91. The van der Waals surface area contributed by atoms with Crippen LogP contribution in [-0.4, -0.2) is 33.8 Å². The Morgan fingerprint density at radius 3 is 2.80 bits per heavy atom. The molecule has 1 fully saturated rings. The van der Waals surface area contributed by atoms with Crippen molar-refractivity contribution in [1.82, 2.24) is 10.2 Å². The molecule has 0 radical (unpaired) electrons. The van der Waals surface area contributed by atoms with Crippen molar-refractivity contribution >= 4 is 57.3 Å². The molecule has 1 aliphatic rings. The van der Waals surface area contributed by atoms with Crippen LogP contribution in [0.5, 0.6) is 0 Å². The van der Waals surface area contributed by atoms with Crippen LogP contribution in [0.3, 0.4) is 0 Å². The Morgan fingerprint density at radius 1 is 1.36 bits per heavy atom. The first-order chi connectivity index (χ1) is 12.1. The molecule has 9 heteroatoms. The summed E-state index contributed by atoms with van der Waals surface area (Å²) in [6.07, 6.45) is 2.46. The van der Waals surface area contributed by atoms with Crippen molar-refractivity contribution in [2.75, 3.05) is 16.0 Å². The SMILES string of the molecule is CCC(=O)N(c1nnc(SCC(=O)Nc2ccccc2Cl)s1)C1CC1. The highest BCUT2D eigenvalue weighted by molar-refractivity contribution is 8.01. The fourth-order valence-electron chi connectivity index (χ4n) is 2.20. The molecule has 1 heterocycles. The first-order valence-corrected chi connectivity index (χ1v) is 10.1. The van der Waals surface area contributed by atoms with Gasteiger partial charge in [0.2, 0.25) is 16.9 Å². The number of nitrogens with one attached hydrogen (secondary N) is 1. The van der Waals surface area contributed by atoms with Crippen molar-refractivity contribution in [2.45, 2.75) is 36.6 Å². The number of hydrogen-bond acceptors (Lipinski definition) is 6. The topological polar surface area (TPSA) is 75.2 Å². The second-order valence-corrected chi connectivity index (χ2v) is 8.10. The van der Waals surface area contributed by atoms with Crippen LogP contribution in [-0.2, 0) is 9.59 Å². The van der Waals surface area contributed by atoms with Gasteiger partial charge in [-0.15, -0.1) is 10.2 Å². The van der Waals surface area contributed by atoms with Gasteiger partial charge in [-0.05, 0) is 25.0 Å². The monoisotopic (exact) mass is 396 g/mol. The number of hydrogen-bond donors (Lipinski definition) is 1. The zero-order chi connectivity index (χ0) is 17.8. The summed E-state index contributed by atoms with van der Waals surface area (Å²) in [6.45, 7) is 1.84. The molecule has 1 aromatic heterocycles. The van der Waals surface area contributed by atoms with E-state index in [0.717, 1.165) is 12.8 Å². The number of carbonyl (C=O) groups is 2. The van der Waals surface area contributed by atoms with E-state index in [1.807, 2.05) is 13.0 Å². The van der Waals surface area contributed by atoms with E-state index in [2.05, 4.69) is 15.5 Å². The van der Waals surface area contributed by atoms with E-state index in [4.69, 9.17) is 11.6 Å². The Morgan fingerprint density at radius 2 is 2.12 bits per heavy atom. The van der Waals surface area contributed by atoms with Crippen LogP contribution >= 0.6 is 34.7 Å². The van der Waals surface area contributed by atoms with Gasteiger partial charge >= 0.3 is 0 Å². The molecular weight excluding hydrogens is 380 g/mol. The summed E-state index contributed by atoms with van der Waals surface area (Å²) in [5.74, 6) is 0.0931. The van der Waals surface area contributed by atoms with E-state index in [1.54, 1.807) is 23.1 Å². The van der Waals surface area contributed by atoms with Crippen molar-refractivity contribution < 1.29 is 9.59 Å². The number of carbonyl (C=O) groups excluding carboxylic acids is 2. The van der Waals surface area contributed by atoms with Gasteiger partial charge in [0.05, 0.1) is 16.5 Å². The molecule has 0 atom stereocenters. The maximum atomic E-state index is 12.1. The van der Waals surface area contributed by atoms with Crippen molar-refractivity contribution in [2.24, 2.45) is 0 Å². The second kappa shape index (κ2) is 8.16. The summed E-state index contributed by atoms with van der Waals surface area (Å²) in [6, 6.07) is 7.33. The summed E-state index contributed by atoms with van der Waals surface area (Å²) in [7, 11) is 0. The van der Waals surface area contributed by atoms with Gasteiger partial charge in [-0.2, -0.15) is 0 Å². The summed E-state index contributed by atoms with van der Waals surface area (Å²) < 4.78 is 0.666. The van der Waals surface area contributed by atoms with Crippen molar-refractivity contribution in [3.05, 3.63) is 29.3 Å². The maximum absolute atomic E-state index is 12.1. The van der Waals surface area contributed by atoms with Crippen LogP contribution in [0.4, 0.5) is 10.8 Å². The van der Waals surface area contributed by atoms with Crippen LogP contribution in [0.25, 0.3) is 0 Å². The molecule has 2 aromatic rings. The van der Waals surface area contributed by atoms with Gasteiger partial charge in [-0.3, -0.25) is 14.5 Å². The second-order valence-electron chi connectivity index (χ2n) is 5.52. The van der Waals surface area contributed by atoms with Gasteiger partial charge < -0.3 is 5.32 Å². The Bertz CT molecular complexity index is 779. The van der Waals surface area contributed by atoms with Crippen molar-refractivity contribution in [1.29, 1.82) is 0 Å². The predicted octanol–water partition coefficient (Wildman–Crippen LogP) is 3.83. The Kier molecular flexibility index (Phi) is 5.93. The van der Waals surface area contributed by atoms with E-state index in [-0.39, 0.29) is 23.6 Å². The maximum Gasteiger partial charge on any atom is 0.234 e. The summed E-state index contributed by atoms with van der Waals surface area (Å²) in [4.78, 5) is 25.9. The number of aromatic nitrogens is 2. The van der Waals surface area contributed by atoms with E-state index < -0.39 is 0 Å². The third kappa shape index (κ3) is 4.71. The molecule has 2 amide bonds. The summed E-state index contributed by atoms with van der Waals surface area (Å²) in [5, 5.41) is 12.1. The number of halogens is 1. The standard InChI is InChI=1S/C16H17ClN4O2S2/c1-2-14(23)21(10-7-8-10)15-19-20-16(25-15)24-9-13(22)18-12-6-4-3-5-11(12)17/h3-6,10H,2,7-9H2,1H3,(H,18,22). The molecule has 0 bridgehead atoms. The number of para-hydroxylation sites is 1. The van der Waals surface area contributed by atoms with Gasteiger partial charge in [0.15, 0.2) is 4.34 Å². The zero-order valence-electron chi connectivity index (χ0n) is 13.6. The largest absolute Gasteiger partial charge is 0.324 e. The number of rotatable bonds is 7. The third-order valence-corrected chi connectivity index (χ3v) is 5.95. The molecule has 0 spiro atoms. The van der Waals surface area contributed by atoms with Gasteiger partial charge in [0.25, 0.3) is 0 Å². The molecule has 1 aromatic carbocycles. The lowest BCUT2D eigenvalue weighted by Crippen LogP contribution is -2.32. The Hall–Kier alpha value is -1.64. The van der Waals surface area contributed by atoms with Crippen LogP contribution in [0.1, 0.15) is 26.2 Å². The number of nitrogens with zero attached hydrogens (tertiary/aromatic N) is 3. The van der Waals surface area contributed by atoms with Crippen molar-refractivity contribution in [3.8, 4) is 0 Å². The number of benzene rings is 1. The molecule has 25 heavy (non-hydrogen) atoms. The minimum absolute atomic E-state index is 0.0617. The molecule has 0 saturated heterocycles. The highest BCUT2D eigenvalue weighted by Crippen LogP contribution is 2.36. The number of anilines is 2. The van der Waals surface area contributed by atoms with Gasteiger partial charge in [-0.1, -0.05) is 53.8 Å². The van der Waals surface area contributed by atoms with Crippen LogP contribution in [0.15, 0.2) is 28.6 Å². The molecule has 1 aliphatic carbocycles. The zero-order valence-corrected chi connectivity index (χ0v) is 16.0. The molecule has 0 aliphatic heterocycles. The highest BCUT2D eigenvalue weighted by atomic mass is 35.5. The molecule has 3 rings (SSSR count). The third-order valence-electron chi connectivity index (χ3n) is 3.56. The quantitative estimate of drug-likeness (QED) is 0.568. The minimum Gasteiger partial charge on any atom is -0.324 e. The number of amides is 2. The fourth-order valence-corrected chi connectivity index (χ4v) is 4.12. The molecule has 1 saturated carbocycles. The van der Waals surface area contributed by atoms with E-state index in [0.29, 0.717) is 26.6 Å². The fraction of sp³-hybridized carbons (Fsp3) is 0.375. The molecule has 0 unspecified atom stereocenters. The molecule has 132 valence electrons. The first kappa shape index (κ1) is 18.2. The Balaban J connectivity index is 1.57.